The first-order valence-corrected chi connectivity index (χ1v) is 5.16. The molecule has 0 spiro atoms. The summed E-state index contributed by atoms with van der Waals surface area (Å²) in [7, 11) is 1.54. The van der Waals surface area contributed by atoms with Gasteiger partial charge in [0.05, 0.1) is 18.2 Å². The highest BCUT2D eigenvalue weighted by atomic mass is 16.5. The van der Waals surface area contributed by atoms with Crippen LogP contribution in [0, 0.1) is 5.41 Å². The zero-order valence-electron chi connectivity index (χ0n) is 10.2. The highest BCUT2D eigenvalue weighted by Gasteiger charge is 2.28. The fraction of sp³-hybridized carbons (Fsp3) is 0.417. The number of aliphatic carboxylic acids is 1. The second kappa shape index (κ2) is 4.95. The molecule has 1 aromatic carbocycles. The molecular formula is C12H17NO4. The van der Waals surface area contributed by atoms with Crippen LogP contribution in [0.3, 0.4) is 0 Å². The van der Waals surface area contributed by atoms with Gasteiger partial charge in [0.15, 0.2) is 0 Å². The van der Waals surface area contributed by atoms with Gasteiger partial charge in [-0.1, -0.05) is 0 Å². The van der Waals surface area contributed by atoms with Gasteiger partial charge < -0.3 is 20.3 Å². The van der Waals surface area contributed by atoms with Crippen LogP contribution in [-0.2, 0) is 4.79 Å². The molecule has 0 saturated heterocycles. The lowest BCUT2D eigenvalue weighted by Crippen LogP contribution is -2.30. The van der Waals surface area contributed by atoms with Gasteiger partial charge >= 0.3 is 5.97 Å². The second-order valence-corrected chi connectivity index (χ2v) is 4.38. The summed E-state index contributed by atoms with van der Waals surface area (Å²) >= 11 is 0. The zero-order chi connectivity index (χ0) is 13.1. The zero-order valence-corrected chi connectivity index (χ0v) is 10.2. The summed E-state index contributed by atoms with van der Waals surface area (Å²) in [4.78, 5) is 10.9. The summed E-state index contributed by atoms with van der Waals surface area (Å²) in [5, 5.41) is 8.95. The first kappa shape index (κ1) is 13.2. The normalized spacial score (nSPS) is 11.0. The molecule has 94 valence electrons. The van der Waals surface area contributed by atoms with Crippen molar-refractivity contribution in [1.82, 2.24) is 0 Å². The van der Waals surface area contributed by atoms with Crippen molar-refractivity contribution < 1.29 is 19.4 Å². The Bertz CT molecular complexity index is 415. The smallest absolute Gasteiger partial charge is 0.312 e. The molecule has 1 aromatic rings. The fourth-order valence-electron chi connectivity index (χ4n) is 1.09. The number of rotatable bonds is 5. The highest BCUT2D eigenvalue weighted by molar-refractivity contribution is 5.73. The minimum absolute atomic E-state index is 0.0414. The number of anilines is 1. The molecule has 0 unspecified atom stereocenters. The number of carbonyl (C=O) groups is 1. The van der Waals surface area contributed by atoms with Crippen molar-refractivity contribution >= 4 is 11.7 Å². The number of ether oxygens (including phenoxy) is 2. The Morgan fingerprint density at radius 2 is 2.12 bits per heavy atom. The maximum Gasteiger partial charge on any atom is 0.312 e. The predicted molar refractivity (Wildman–Crippen MR) is 64.3 cm³/mol. The Morgan fingerprint density at radius 3 is 2.65 bits per heavy atom. The van der Waals surface area contributed by atoms with Crippen LogP contribution in [-0.4, -0.2) is 24.8 Å². The topological polar surface area (TPSA) is 81.8 Å². The molecule has 0 saturated carbocycles. The molecule has 0 aliphatic heterocycles. The summed E-state index contributed by atoms with van der Waals surface area (Å²) < 4.78 is 10.5. The van der Waals surface area contributed by atoms with Gasteiger partial charge in [-0.15, -0.1) is 0 Å². The first-order chi connectivity index (χ1) is 7.86. The Kier molecular flexibility index (Phi) is 3.83. The molecule has 0 fully saturated rings. The third kappa shape index (κ3) is 3.27. The number of carboxylic acids is 1. The molecule has 1 rings (SSSR count). The van der Waals surface area contributed by atoms with Crippen LogP contribution < -0.4 is 15.2 Å². The van der Waals surface area contributed by atoms with Crippen molar-refractivity contribution in [2.45, 2.75) is 13.8 Å². The van der Waals surface area contributed by atoms with Crippen molar-refractivity contribution in [3.63, 3.8) is 0 Å². The maximum atomic E-state index is 10.9. The van der Waals surface area contributed by atoms with E-state index in [4.69, 9.17) is 20.3 Å². The molecule has 0 aliphatic carbocycles. The number of hydrogen-bond acceptors (Lipinski definition) is 4. The molecule has 5 nitrogen and oxygen atoms in total. The van der Waals surface area contributed by atoms with Crippen molar-refractivity contribution in [1.29, 1.82) is 0 Å². The van der Waals surface area contributed by atoms with E-state index in [-0.39, 0.29) is 6.61 Å². The Balaban J connectivity index is 2.78. The van der Waals surface area contributed by atoms with Crippen LogP contribution in [0.25, 0.3) is 0 Å². The third-order valence-electron chi connectivity index (χ3n) is 2.39. The Morgan fingerprint density at radius 1 is 1.47 bits per heavy atom. The van der Waals surface area contributed by atoms with Crippen molar-refractivity contribution in [3.05, 3.63) is 18.2 Å². The van der Waals surface area contributed by atoms with Gasteiger partial charge in [0.2, 0.25) is 0 Å². The molecule has 0 amide bonds. The van der Waals surface area contributed by atoms with Crippen LogP contribution in [0.2, 0.25) is 0 Å². The monoisotopic (exact) mass is 239 g/mol. The number of nitrogens with two attached hydrogens (primary N) is 1. The van der Waals surface area contributed by atoms with Crippen LogP contribution in [0.4, 0.5) is 5.69 Å². The van der Waals surface area contributed by atoms with Gasteiger partial charge in [-0.2, -0.15) is 0 Å². The van der Waals surface area contributed by atoms with Crippen LogP contribution in [0.15, 0.2) is 18.2 Å². The summed E-state index contributed by atoms with van der Waals surface area (Å²) in [6, 6.07) is 5.00. The van der Waals surface area contributed by atoms with Crippen LogP contribution >= 0.6 is 0 Å². The van der Waals surface area contributed by atoms with E-state index in [0.29, 0.717) is 17.2 Å². The average molecular weight is 239 g/mol. The number of methoxy groups -OCH3 is 1. The van der Waals surface area contributed by atoms with Crippen molar-refractivity contribution in [3.8, 4) is 11.5 Å². The standard InChI is InChI=1S/C12H17NO4/c1-12(2,11(14)15)7-17-10-6-8(16-3)4-5-9(10)13/h4-6H,7,13H2,1-3H3,(H,14,15). The molecule has 0 bridgehead atoms. The number of hydrogen-bond donors (Lipinski definition) is 2. The highest BCUT2D eigenvalue weighted by Crippen LogP contribution is 2.28. The van der Waals surface area contributed by atoms with E-state index < -0.39 is 11.4 Å². The third-order valence-corrected chi connectivity index (χ3v) is 2.39. The molecule has 3 N–H and O–H groups in total. The van der Waals surface area contributed by atoms with Gasteiger partial charge in [0.25, 0.3) is 0 Å². The van der Waals surface area contributed by atoms with Gasteiger partial charge in [0.1, 0.15) is 18.1 Å². The number of carboxylic acid groups (broad SMARTS) is 1. The molecule has 0 aromatic heterocycles. The average Bonchev–Trinajstić information content (AvgIpc) is 2.28. The Hall–Kier alpha value is -1.91. The SMILES string of the molecule is COc1ccc(N)c(OCC(C)(C)C(=O)O)c1. The molecule has 17 heavy (non-hydrogen) atoms. The largest absolute Gasteiger partial charge is 0.497 e. The number of benzene rings is 1. The summed E-state index contributed by atoms with van der Waals surface area (Å²) in [6.45, 7) is 3.22. The van der Waals surface area contributed by atoms with Gasteiger partial charge in [-0.25, -0.2) is 0 Å². The van der Waals surface area contributed by atoms with E-state index >= 15 is 0 Å². The molecule has 0 atom stereocenters. The lowest BCUT2D eigenvalue weighted by molar-refractivity contribution is -0.148. The second-order valence-electron chi connectivity index (χ2n) is 4.38. The van der Waals surface area contributed by atoms with E-state index in [2.05, 4.69) is 0 Å². The van der Waals surface area contributed by atoms with E-state index in [1.165, 1.54) is 7.11 Å². The van der Waals surface area contributed by atoms with E-state index in [1.807, 2.05) is 0 Å². The lowest BCUT2D eigenvalue weighted by atomic mass is 9.95. The number of nitrogen functional groups attached to an aromatic ring is 1. The molecule has 0 radical (unpaired) electrons. The molecular weight excluding hydrogens is 222 g/mol. The van der Waals surface area contributed by atoms with Crippen LogP contribution in [0.1, 0.15) is 13.8 Å². The quantitative estimate of drug-likeness (QED) is 0.765. The first-order valence-electron chi connectivity index (χ1n) is 5.16. The van der Waals surface area contributed by atoms with Crippen molar-refractivity contribution in [2.75, 3.05) is 19.5 Å². The summed E-state index contributed by atoms with van der Waals surface area (Å²) in [5.74, 6) is 0.125. The fourth-order valence-corrected chi connectivity index (χ4v) is 1.09. The minimum atomic E-state index is -0.963. The maximum absolute atomic E-state index is 10.9. The molecule has 0 heterocycles. The Labute approximate surface area is 100 Å². The lowest BCUT2D eigenvalue weighted by Gasteiger charge is -2.20. The van der Waals surface area contributed by atoms with Gasteiger partial charge in [-0.05, 0) is 26.0 Å². The summed E-state index contributed by atoms with van der Waals surface area (Å²) in [6.07, 6.45) is 0. The van der Waals surface area contributed by atoms with Crippen LogP contribution in [0.5, 0.6) is 11.5 Å². The van der Waals surface area contributed by atoms with Gasteiger partial charge in [-0.3, -0.25) is 4.79 Å². The molecule has 5 heteroatoms. The van der Waals surface area contributed by atoms with E-state index in [9.17, 15) is 4.79 Å². The molecule has 0 aliphatic rings. The minimum Gasteiger partial charge on any atom is -0.497 e. The van der Waals surface area contributed by atoms with E-state index in [0.717, 1.165) is 0 Å². The predicted octanol–water partition coefficient (Wildman–Crippen LogP) is 1.77. The van der Waals surface area contributed by atoms with E-state index in [1.54, 1.807) is 32.0 Å². The summed E-state index contributed by atoms with van der Waals surface area (Å²) in [5.41, 5.74) is 5.21. The van der Waals surface area contributed by atoms with Crippen molar-refractivity contribution in [2.24, 2.45) is 5.41 Å². The van der Waals surface area contributed by atoms with Gasteiger partial charge in [0, 0.05) is 6.07 Å².